The van der Waals surface area contributed by atoms with Crippen molar-refractivity contribution in [2.24, 2.45) is 5.92 Å². The number of aromatic nitrogens is 1. The Bertz CT molecular complexity index is 336. The van der Waals surface area contributed by atoms with E-state index in [-0.39, 0.29) is 6.03 Å². The molecule has 1 aromatic rings. The van der Waals surface area contributed by atoms with Gasteiger partial charge in [0.1, 0.15) is 5.82 Å². The first-order chi connectivity index (χ1) is 7.84. The van der Waals surface area contributed by atoms with Crippen molar-refractivity contribution in [3.05, 3.63) is 24.4 Å². The number of anilines is 1. The van der Waals surface area contributed by atoms with Crippen molar-refractivity contribution in [2.75, 3.05) is 25.1 Å². The van der Waals surface area contributed by atoms with E-state index in [1.165, 1.54) is 0 Å². The van der Waals surface area contributed by atoms with Crippen molar-refractivity contribution in [3.8, 4) is 0 Å². The minimum atomic E-state index is -0.217. The Labute approximate surface area is 94.2 Å². The predicted molar refractivity (Wildman–Crippen MR) is 60.2 cm³/mol. The molecule has 1 saturated heterocycles. The van der Waals surface area contributed by atoms with Crippen LogP contribution in [0.1, 0.15) is 6.42 Å². The maximum absolute atomic E-state index is 11.5. The number of nitrogens with one attached hydrogen (secondary N) is 2. The molecule has 86 valence electrons. The fraction of sp³-hybridized carbons (Fsp3) is 0.455. The largest absolute Gasteiger partial charge is 0.381 e. The lowest BCUT2D eigenvalue weighted by Gasteiger charge is -2.10. The molecule has 1 aromatic heterocycles. The minimum Gasteiger partial charge on any atom is -0.381 e. The van der Waals surface area contributed by atoms with Crippen LogP contribution in [0.15, 0.2) is 24.4 Å². The van der Waals surface area contributed by atoms with E-state index in [9.17, 15) is 4.79 Å². The fourth-order valence-corrected chi connectivity index (χ4v) is 1.58. The average molecular weight is 221 g/mol. The van der Waals surface area contributed by atoms with Crippen molar-refractivity contribution in [3.63, 3.8) is 0 Å². The molecule has 2 amide bonds. The highest BCUT2D eigenvalue weighted by atomic mass is 16.5. The number of carbonyl (C=O) groups is 1. The quantitative estimate of drug-likeness (QED) is 0.807. The Morgan fingerprint density at radius 3 is 3.19 bits per heavy atom. The fourth-order valence-electron chi connectivity index (χ4n) is 1.58. The molecular weight excluding hydrogens is 206 g/mol. The molecule has 16 heavy (non-hydrogen) atoms. The van der Waals surface area contributed by atoms with E-state index in [1.54, 1.807) is 18.3 Å². The second-order valence-electron chi connectivity index (χ2n) is 3.78. The lowest BCUT2D eigenvalue weighted by molar-refractivity contribution is 0.185. The maximum atomic E-state index is 11.5. The molecule has 1 fully saturated rings. The summed E-state index contributed by atoms with van der Waals surface area (Å²) in [5.41, 5.74) is 0. The van der Waals surface area contributed by atoms with Crippen molar-refractivity contribution in [1.29, 1.82) is 0 Å². The highest BCUT2D eigenvalue weighted by Crippen LogP contribution is 2.10. The molecule has 5 nitrogen and oxygen atoms in total. The van der Waals surface area contributed by atoms with E-state index < -0.39 is 0 Å². The normalized spacial score (nSPS) is 19.4. The molecule has 1 unspecified atom stereocenters. The summed E-state index contributed by atoms with van der Waals surface area (Å²) in [5.74, 6) is 0.997. The van der Waals surface area contributed by atoms with Gasteiger partial charge in [-0.25, -0.2) is 9.78 Å². The Hall–Kier alpha value is -1.62. The molecule has 2 rings (SSSR count). The molecule has 0 bridgehead atoms. The Kier molecular flexibility index (Phi) is 3.71. The van der Waals surface area contributed by atoms with E-state index in [4.69, 9.17) is 4.74 Å². The van der Waals surface area contributed by atoms with Crippen LogP contribution in [-0.2, 0) is 4.74 Å². The van der Waals surface area contributed by atoms with E-state index in [1.807, 2.05) is 6.07 Å². The zero-order valence-electron chi connectivity index (χ0n) is 8.98. The molecule has 0 aliphatic carbocycles. The highest BCUT2D eigenvalue weighted by molar-refractivity contribution is 5.88. The van der Waals surface area contributed by atoms with Crippen LogP contribution in [0.3, 0.4) is 0 Å². The molecule has 2 N–H and O–H groups in total. The number of ether oxygens (including phenoxy) is 1. The number of hydrogen-bond acceptors (Lipinski definition) is 3. The van der Waals surface area contributed by atoms with Gasteiger partial charge in [0.05, 0.1) is 6.61 Å². The third kappa shape index (κ3) is 3.20. The van der Waals surface area contributed by atoms with Crippen LogP contribution < -0.4 is 10.6 Å². The third-order valence-electron chi connectivity index (χ3n) is 2.48. The van der Waals surface area contributed by atoms with Crippen LogP contribution in [0.4, 0.5) is 10.6 Å². The monoisotopic (exact) mass is 221 g/mol. The number of rotatable bonds is 3. The second kappa shape index (κ2) is 5.46. The smallest absolute Gasteiger partial charge is 0.320 e. The van der Waals surface area contributed by atoms with Crippen molar-refractivity contribution >= 4 is 11.8 Å². The molecule has 0 radical (unpaired) electrons. The van der Waals surface area contributed by atoms with Gasteiger partial charge >= 0.3 is 6.03 Å². The molecule has 2 heterocycles. The number of amides is 2. The van der Waals surface area contributed by atoms with Crippen LogP contribution in [0.25, 0.3) is 0 Å². The Morgan fingerprint density at radius 1 is 1.56 bits per heavy atom. The third-order valence-corrected chi connectivity index (χ3v) is 2.48. The number of hydrogen-bond donors (Lipinski definition) is 2. The molecule has 0 spiro atoms. The lowest BCUT2D eigenvalue weighted by atomic mass is 10.1. The molecule has 1 aliphatic heterocycles. The van der Waals surface area contributed by atoms with Gasteiger partial charge in [-0.3, -0.25) is 5.32 Å². The van der Waals surface area contributed by atoms with Crippen molar-refractivity contribution in [2.45, 2.75) is 6.42 Å². The van der Waals surface area contributed by atoms with Gasteiger partial charge in [-0.1, -0.05) is 6.07 Å². The van der Waals surface area contributed by atoms with Crippen LogP contribution in [0, 0.1) is 5.92 Å². The zero-order valence-corrected chi connectivity index (χ0v) is 8.98. The predicted octanol–water partition coefficient (Wildman–Crippen LogP) is 1.24. The number of urea groups is 1. The first-order valence-corrected chi connectivity index (χ1v) is 5.38. The van der Waals surface area contributed by atoms with Gasteiger partial charge in [-0.05, 0) is 18.6 Å². The molecule has 5 heteroatoms. The standard InChI is InChI=1S/C11H15N3O2/c15-11(13-7-9-4-6-16-8-9)14-10-3-1-2-5-12-10/h1-3,5,9H,4,6-8H2,(H2,12,13,14,15). The first-order valence-electron chi connectivity index (χ1n) is 5.38. The van der Waals surface area contributed by atoms with Gasteiger partial charge in [0.2, 0.25) is 0 Å². The number of pyridine rings is 1. The first kappa shape index (κ1) is 10.9. The molecule has 1 aliphatic rings. The van der Waals surface area contributed by atoms with Gasteiger partial charge in [-0.15, -0.1) is 0 Å². The highest BCUT2D eigenvalue weighted by Gasteiger charge is 2.16. The summed E-state index contributed by atoms with van der Waals surface area (Å²) in [6.07, 6.45) is 2.66. The van der Waals surface area contributed by atoms with E-state index in [0.29, 0.717) is 18.3 Å². The van der Waals surface area contributed by atoms with E-state index in [0.717, 1.165) is 19.6 Å². The Balaban J connectivity index is 1.72. The van der Waals surface area contributed by atoms with Gasteiger partial charge in [0.15, 0.2) is 0 Å². The molecular formula is C11H15N3O2. The summed E-state index contributed by atoms with van der Waals surface area (Å²) >= 11 is 0. The van der Waals surface area contributed by atoms with Gasteiger partial charge in [0, 0.05) is 25.3 Å². The SMILES string of the molecule is O=C(NCC1CCOC1)Nc1ccccn1. The second-order valence-corrected chi connectivity index (χ2v) is 3.78. The average Bonchev–Trinajstić information content (AvgIpc) is 2.81. The summed E-state index contributed by atoms with van der Waals surface area (Å²) in [6, 6.07) is 5.16. The van der Waals surface area contributed by atoms with Gasteiger partial charge < -0.3 is 10.1 Å². The van der Waals surface area contributed by atoms with Crippen LogP contribution in [0.5, 0.6) is 0 Å². The number of carbonyl (C=O) groups excluding carboxylic acids is 1. The summed E-state index contributed by atoms with van der Waals surface area (Å²) in [7, 11) is 0. The topological polar surface area (TPSA) is 63.2 Å². The van der Waals surface area contributed by atoms with Crippen molar-refractivity contribution in [1.82, 2.24) is 10.3 Å². The summed E-state index contributed by atoms with van der Waals surface area (Å²) < 4.78 is 5.22. The van der Waals surface area contributed by atoms with Crippen molar-refractivity contribution < 1.29 is 9.53 Å². The molecule has 0 saturated carbocycles. The van der Waals surface area contributed by atoms with E-state index in [2.05, 4.69) is 15.6 Å². The molecule has 0 aromatic carbocycles. The zero-order chi connectivity index (χ0) is 11.2. The summed E-state index contributed by atoms with van der Waals surface area (Å²) in [6.45, 7) is 2.19. The Morgan fingerprint density at radius 2 is 2.50 bits per heavy atom. The van der Waals surface area contributed by atoms with Crippen LogP contribution in [-0.4, -0.2) is 30.8 Å². The molecule has 1 atom stereocenters. The minimum absolute atomic E-state index is 0.217. The lowest BCUT2D eigenvalue weighted by Crippen LogP contribution is -2.33. The van der Waals surface area contributed by atoms with Gasteiger partial charge in [-0.2, -0.15) is 0 Å². The van der Waals surface area contributed by atoms with E-state index >= 15 is 0 Å². The van der Waals surface area contributed by atoms with Gasteiger partial charge in [0.25, 0.3) is 0 Å². The number of nitrogens with zero attached hydrogens (tertiary/aromatic N) is 1. The summed E-state index contributed by atoms with van der Waals surface area (Å²) in [5, 5.41) is 5.47. The van der Waals surface area contributed by atoms with Crippen LogP contribution >= 0.6 is 0 Å². The summed E-state index contributed by atoms with van der Waals surface area (Å²) in [4.78, 5) is 15.5. The maximum Gasteiger partial charge on any atom is 0.320 e. The van der Waals surface area contributed by atoms with Crippen LogP contribution in [0.2, 0.25) is 0 Å².